The molecule has 0 aliphatic carbocycles. The SMILES string of the molecule is CC(C)NCc1cccc(Cl)c1N1CCS(=O)CC1. The molecule has 1 aliphatic heterocycles. The molecule has 1 aromatic carbocycles. The molecule has 19 heavy (non-hydrogen) atoms. The van der Waals surface area contributed by atoms with Gasteiger partial charge in [-0.15, -0.1) is 0 Å². The van der Waals surface area contributed by atoms with Gasteiger partial charge in [-0.3, -0.25) is 4.21 Å². The first-order valence-corrected chi connectivity index (χ1v) is 8.55. The van der Waals surface area contributed by atoms with Crippen LogP contribution in [0.2, 0.25) is 5.02 Å². The fraction of sp³-hybridized carbons (Fsp3) is 0.571. The molecule has 1 aromatic rings. The summed E-state index contributed by atoms with van der Waals surface area (Å²) in [6.07, 6.45) is 0. The summed E-state index contributed by atoms with van der Waals surface area (Å²) in [6, 6.07) is 6.48. The van der Waals surface area contributed by atoms with E-state index in [0.717, 1.165) is 41.8 Å². The number of benzene rings is 1. The highest BCUT2D eigenvalue weighted by atomic mass is 35.5. The lowest BCUT2D eigenvalue weighted by Gasteiger charge is -2.31. The molecule has 0 amide bonds. The number of nitrogens with zero attached hydrogens (tertiary/aromatic N) is 1. The largest absolute Gasteiger partial charge is 0.368 e. The summed E-state index contributed by atoms with van der Waals surface area (Å²) in [7, 11) is -0.659. The first-order chi connectivity index (χ1) is 9.08. The summed E-state index contributed by atoms with van der Waals surface area (Å²) in [5.74, 6) is 1.48. The predicted octanol–water partition coefficient (Wildman–Crippen LogP) is 2.41. The van der Waals surface area contributed by atoms with Crippen molar-refractivity contribution >= 4 is 28.1 Å². The Balaban J connectivity index is 2.19. The van der Waals surface area contributed by atoms with E-state index in [2.05, 4.69) is 30.1 Å². The molecule has 3 nitrogen and oxygen atoms in total. The molecule has 1 N–H and O–H groups in total. The van der Waals surface area contributed by atoms with Crippen LogP contribution in [0.1, 0.15) is 19.4 Å². The van der Waals surface area contributed by atoms with Gasteiger partial charge in [0.1, 0.15) is 0 Å². The molecule has 0 saturated carbocycles. The number of hydrogen-bond acceptors (Lipinski definition) is 3. The van der Waals surface area contributed by atoms with Gasteiger partial charge < -0.3 is 10.2 Å². The van der Waals surface area contributed by atoms with Crippen LogP contribution in [0.25, 0.3) is 0 Å². The zero-order valence-corrected chi connectivity index (χ0v) is 13.1. The molecule has 1 heterocycles. The highest BCUT2D eigenvalue weighted by molar-refractivity contribution is 7.85. The Morgan fingerprint density at radius 1 is 1.37 bits per heavy atom. The van der Waals surface area contributed by atoms with E-state index < -0.39 is 10.8 Å². The lowest BCUT2D eigenvalue weighted by Crippen LogP contribution is -2.38. The Kier molecular flexibility index (Phi) is 5.25. The predicted molar refractivity (Wildman–Crippen MR) is 83.5 cm³/mol. The average Bonchev–Trinajstić information content (AvgIpc) is 2.38. The van der Waals surface area contributed by atoms with Crippen molar-refractivity contribution in [3.63, 3.8) is 0 Å². The minimum absolute atomic E-state index is 0.445. The monoisotopic (exact) mass is 300 g/mol. The van der Waals surface area contributed by atoms with Crippen LogP contribution in [0, 0.1) is 0 Å². The summed E-state index contributed by atoms with van der Waals surface area (Å²) in [5, 5.41) is 4.22. The van der Waals surface area contributed by atoms with Crippen molar-refractivity contribution in [3.8, 4) is 0 Å². The Bertz CT molecular complexity index is 455. The number of para-hydroxylation sites is 1. The van der Waals surface area contributed by atoms with E-state index in [1.165, 1.54) is 5.56 Å². The lowest BCUT2D eigenvalue weighted by atomic mass is 10.1. The number of hydrogen-bond donors (Lipinski definition) is 1. The third kappa shape index (κ3) is 3.94. The van der Waals surface area contributed by atoms with Crippen LogP contribution in [0.4, 0.5) is 5.69 Å². The molecule has 2 rings (SSSR count). The van der Waals surface area contributed by atoms with Crippen molar-refractivity contribution in [2.24, 2.45) is 0 Å². The molecule has 0 aromatic heterocycles. The number of halogens is 1. The first-order valence-electron chi connectivity index (χ1n) is 6.68. The first kappa shape index (κ1) is 14.8. The molecule has 0 atom stereocenters. The van der Waals surface area contributed by atoms with Gasteiger partial charge in [0.25, 0.3) is 0 Å². The molecule has 5 heteroatoms. The van der Waals surface area contributed by atoms with Gasteiger partial charge in [0.2, 0.25) is 0 Å². The minimum atomic E-state index is -0.659. The van der Waals surface area contributed by atoms with Crippen molar-refractivity contribution < 1.29 is 4.21 Å². The molecule has 0 unspecified atom stereocenters. The van der Waals surface area contributed by atoms with Gasteiger partial charge in [0, 0.05) is 48.0 Å². The Morgan fingerprint density at radius 3 is 2.68 bits per heavy atom. The van der Waals surface area contributed by atoms with Crippen molar-refractivity contribution in [2.45, 2.75) is 26.4 Å². The fourth-order valence-electron chi connectivity index (χ4n) is 2.23. The Labute approximate surface area is 122 Å². The summed E-state index contributed by atoms with van der Waals surface area (Å²) in [6.45, 7) is 6.73. The molecule has 0 bridgehead atoms. The van der Waals surface area contributed by atoms with E-state index in [4.69, 9.17) is 11.6 Å². The van der Waals surface area contributed by atoms with Crippen molar-refractivity contribution in [2.75, 3.05) is 29.5 Å². The molecule has 1 aliphatic rings. The maximum absolute atomic E-state index is 11.5. The molecule has 1 saturated heterocycles. The van der Waals surface area contributed by atoms with E-state index in [9.17, 15) is 4.21 Å². The van der Waals surface area contributed by atoms with E-state index in [-0.39, 0.29) is 0 Å². The van der Waals surface area contributed by atoms with E-state index in [0.29, 0.717) is 6.04 Å². The van der Waals surface area contributed by atoms with Gasteiger partial charge in [-0.1, -0.05) is 37.6 Å². The van der Waals surface area contributed by atoms with Crippen LogP contribution in [-0.4, -0.2) is 34.8 Å². The van der Waals surface area contributed by atoms with E-state index in [1.807, 2.05) is 12.1 Å². The van der Waals surface area contributed by atoms with Gasteiger partial charge in [0.05, 0.1) is 10.7 Å². The number of nitrogens with one attached hydrogen (secondary N) is 1. The maximum atomic E-state index is 11.5. The van der Waals surface area contributed by atoms with Gasteiger partial charge in [0.15, 0.2) is 0 Å². The molecule has 0 radical (unpaired) electrons. The van der Waals surface area contributed by atoms with Crippen LogP contribution < -0.4 is 10.2 Å². The second-order valence-corrected chi connectivity index (χ2v) is 7.22. The van der Waals surface area contributed by atoms with Gasteiger partial charge >= 0.3 is 0 Å². The van der Waals surface area contributed by atoms with E-state index >= 15 is 0 Å². The molecular formula is C14H21ClN2OS. The lowest BCUT2D eigenvalue weighted by molar-refractivity contribution is 0.588. The van der Waals surface area contributed by atoms with Gasteiger partial charge in [-0.25, -0.2) is 0 Å². The van der Waals surface area contributed by atoms with Crippen LogP contribution in [0.15, 0.2) is 18.2 Å². The van der Waals surface area contributed by atoms with E-state index in [1.54, 1.807) is 0 Å². The summed E-state index contributed by atoms with van der Waals surface area (Å²) in [5.41, 5.74) is 2.32. The van der Waals surface area contributed by atoms with Crippen LogP contribution in [0.3, 0.4) is 0 Å². The molecule has 1 fully saturated rings. The standard InChI is InChI=1S/C14H21ClN2OS/c1-11(2)16-10-12-4-3-5-13(15)14(12)17-6-8-19(18)9-7-17/h3-5,11,16H,6-10H2,1-2H3. The quantitative estimate of drug-likeness (QED) is 0.927. The topological polar surface area (TPSA) is 32.3 Å². The Hall–Kier alpha value is -0.580. The van der Waals surface area contributed by atoms with Crippen LogP contribution in [0.5, 0.6) is 0 Å². The molecule has 0 spiro atoms. The maximum Gasteiger partial charge on any atom is 0.0642 e. The van der Waals surface area contributed by atoms with Crippen molar-refractivity contribution in [1.82, 2.24) is 5.32 Å². The minimum Gasteiger partial charge on any atom is -0.368 e. The Morgan fingerprint density at radius 2 is 2.05 bits per heavy atom. The number of anilines is 1. The van der Waals surface area contributed by atoms with Gasteiger partial charge in [-0.05, 0) is 11.6 Å². The average molecular weight is 301 g/mol. The number of rotatable bonds is 4. The normalized spacial score (nSPS) is 17.2. The summed E-state index contributed by atoms with van der Waals surface area (Å²) < 4.78 is 11.5. The van der Waals surface area contributed by atoms with Crippen LogP contribution >= 0.6 is 11.6 Å². The summed E-state index contributed by atoms with van der Waals surface area (Å²) >= 11 is 6.37. The molecule has 106 valence electrons. The second-order valence-electron chi connectivity index (χ2n) is 5.12. The summed E-state index contributed by atoms with van der Waals surface area (Å²) in [4.78, 5) is 2.26. The smallest absolute Gasteiger partial charge is 0.0642 e. The third-order valence-corrected chi connectivity index (χ3v) is 4.85. The second kappa shape index (κ2) is 6.73. The highest BCUT2D eigenvalue weighted by Gasteiger charge is 2.20. The zero-order valence-electron chi connectivity index (χ0n) is 11.5. The third-order valence-electron chi connectivity index (χ3n) is 3.27. The zero-order chi connectivity index (χ0) is 13.8. The van der Waals surface area contributed by atoms with Gasteiger partial charge in [-0.2, -0.15) is 0 Å². The van der Waals surface area contributed by atoms with Crippen molar-refractivity contribution in [3.05, 3.63) is 28.8 Å². The van der Waals surface area contributed by atoms with Crippen molar-refractivity contribution in [1.29, 1.82) is 0 Å². The molecular weight excluding hydrogens is 280 g/mol. The van der Waals surface area contributed by atoms with Crippen LogP contribution in [-0.2, 0) is 17.3 Å². The highest BCUT2D eigenvalue weighted by Crippen LogP contribution is 2.30. The fourth-order valence-corrected chi connectivity index (χ4v) is 3.60.